The van der Waals surface area contributed by atoms with Crippen LogP contribution in [0.1, 0.15) is 16.7 Å². The molecule has 2 aromatic carbocycles. The fraction of sp³-hybridized carbons (Fsp3) is 0.200. The van der Waals surface area contributed by atoms with Gasteiger partial charge >= 0.3 is 0 Å². The Bertz CT molecular complexity index is 700. The summed E-state index contributed by atoms with van der Waals surface area (Å²) in [4.78, 5) is 10.4. The highest BCUT2D eigenvalue weighted by atomic mass is 19.1. The highest BCUT2D eigenvalue weighted by Crippen LogP contribution is 2.34. The van der Waals surface area contributed by atoms with Crippen molar-refractivity contribution in [2.75, 3.05) is 0 Å². The number of nitro benzene ring substituents is 1. The number of nitrogens with zero attached hydrogens (tertiary/aromatic N) is 1. The van der Waals surface area contributed by atoms with Crippen molar-refractivity contribution in [1.82, 2.24) is 0 Å². The topological polar surface area (TPSA) is 72.6 Å². The molecular formula is C15H14FNO4. The van der Waals surface area contributed by atoms with Crippen molar-refractivity contribution < 1.29 is 19.2 Å². The minimum absolute atomic E-state index is 0.0995. The second-order valence-corrected chi connectivity index (χ2v) is 4.65. The number of aliphatic hydroxyl groups is 1. The number of hydrogen-bond donors (Lipinski definition) is 1. The maximum Gasteiger partial charge on any atom is 0.276 e. The van der Waals surface area contributed by atoms with Crippen molar-refractivity contribution in [3.05, 3.63) is 63.0 Å². The summed E-state index contributed by atoms with van der Waals surface area (Å²) in [6.07, 6.45) is 0. The Kier molecular flexibility index (Phi) is 4.18. The lowest BCUT2D eigenvalue weighted by Crippen LogP contribution is -1.99. The molecule has 0 unspecified atom stereocenters. The van der Waals surface area contributed by atoms with Gasteiger partial charge in [0, 0.05) is 11.1 Å². The van der Waals surface area contributed by atoms with Gasteiger partial charge in [-0.25, -0.2) is 4.39 Å². The van der Waals surface area contributed by atoms with Gasteiger partial charge in [-0.1, -0.05) is 12.1 Å². The summed E-state index contributed by atoms with van der Waals surface area (Å²) in [5.74, 6) is -0.572. The molecule has 0 heterocycles. The van der Waals surface area contributed by atoms with Crippen molar-refractivity contribution in [3.63, 3.8) is 0 Å². The zero-order chi connectivity index (χ0) is 15.6. The Morgan fingerprint density at radius 1 is 1.29 bits per heavy atom. The molecule has 1 N–H and O–H groups in total. The van der Waals surface area contributed by atoms with Crippen LogP contribution in [-0.4, -0.2) is 10.0 Å². The van der Waals surface area contributed by atoms with E-state index in [0.29, 0.717) is 11.1 Å². The molecule has 0 aliphatic heterocycles. The number of halogens is 1. The second kappa shape index (κ2) is 5.88. The average Bonchev–Trinajstić information content (AvgIpc) is 2.43. The minimum atomic E-state index is -0.635. The van der Waals surface area contributed by atoms with Crippen LogP contribution in [0.25, 0.3) is 0 Å². The lowest BCUT2D eigenvalue weighted by atomic mass is 10.1. The summed E-state index contributed by atoms with van der Waals surface area (Å²) >= 11 is 0. The van der Waals surface area contributed by atoms with E-state index < -0.39 is 10.7 Å². The Hall–Kier alpha value is -2.47. The van der Waals surface area contributed by atoms with E-state index in [9.17, 15) is 19.6 Å². The lowest BCUT2D eigenvalue weighted by Gasteiger charge is -2.13. The molecule has 0 bridgehead atoms. The van der Waals surface area contributed by atoms with Crippen LogP contribution in [0, 0.1) is 29.8 Å². The summed E-state index contributed by atoms with van der Waals surface area (Å²) in [6, 6.07) is 7.05. The lowest BCUT2D eigenvalue weighted by molar-refractivity contribution is -0.385. The van der Waals surface area contributed by atoms with Gasteiger partial charge in [0.15, 0.2) is 11.6 Å². The van der Waals surface area contributed by atoms with E-state index in [4.69, 9.17) is 4.74 Å². The monoisotopic (exact) mass is 291 g/mol. The smallest absolute Gasteiger partial charge is 0.276 e. The molecule has 0 amide bonds. The summed E-state index contributed by atoms with van der Waals surface area (Å²) in [6.45, 7) is 2.95. The number of para-hydroxylation sites is 1. The fourth-order valence-corrected chi connectivity index (χ4v) is 2.03. The van der Waals surface area contributed by atoms with Crippen LogP contribution >= 0.6 is 0 Å². The number of nitro groups is 1. The normalized spacial score (nSPS) is 10.5. The van der Waals surface area contributed by atoms with E-state index in [0.717, 1.165) is 0 Å². The summed E-state index contributed by atoms with van der Waals surface area (Å²) in [5.41, 5.74) is 1.32. The van der Waals surface area contributed by atoms with Crippen LogP contribution in [0.15, 0.2) is 30.3 Å². The van der Waals surface area contributed by atoms with Gasteiger partial charge in [-0.3, -0.25) is 10.1 Å². The quantitative estimate of drug-likeness (QED) is 0.689. The predicted octanol–water partition coefficient (Wildman–Crippen LogP) is 3.64. The molecule has 110 valence electrons. The van der Waals surface area contributed by atoms with Crippen molar-refractivity contribution >= 4 is 5.69 Å². The van der Waals surface area contributed by atoms with Gasteiger partial charge < -0.3 is 9.84 Å². The zero-order valence-corrected chi connectivity index (χ0v) is 11.6. The van der Waals surface area contributed by atoms with E-state index in [1.165, 1.54) is 24.3 Å². The standard InChI is InChI=1S/C15H14FNO4/c1-9-6-10(2)14(7-13(9)17(19)20)21-15-11(8-18)4-3-5-12(15)16/h3-7,18H,8H2,1-2H3. The first kappa shape index (κ1) is 14.9. The van der Waals surface area contributed by atoms with Gasteiger partial charge in [-0.2, -0.15) is 0 Å². The van der Waals surface area contributed by atoms with Crippen LogP contribution in [0.5, 0.6) is 11.5 Å². The van der Waals surface area contributed by atoms with Crippen molar-refractivity contribution in [2.45, 2.75) is 20.5 Å². The predicted molar refractivity (Wildman–Crippen MR) is 75.0 cm³/mol. The van der Waals surface area contributed by atoms with Crippen molar-refractivity contribution in [2.24, 2.45) is 0 Å². The molecule has 0 saturated heterocycles. The number of benzene rings is 2. The molecule has 0 fully saturated rings. The van der Waals surface area contributed by atoms with Crippen molar-refractivity contribution in [1.29, 1.82) is 0 Å². The maximum absolute atomic E-state index is 13.8. The number of rotatable bonds is 4. The molecule has 0 radical (unpaired) electrons. The maximum atomic E-state index is 13.8. The number of ether oxygens (including phenoxy) is 1. The average molecular weight is 291 g/mol. The Labute approximate surface area is 120 Å². The number of hydrogen-bond acceptors (Lipinski definition) is 4. The van der Waals surface area contributed by atoms with E-state index in [1.807, 2.05) is 0 Å². The minimum Gasteiger partial charge on any atom is -0.453 e. The molecule has 0 saturated carbocycles. The van der Waals surface area contributed by atoms with Crippen molar-refractivity contribution in [3.8, 4) is 11.5 Å². The molecule has 0 aliphatic carbocycles. The van der Waals surface area contributed by atoms with Crippen LogP contribution < -0.4 is 4.74 Å². The number of aliphatic hydroxyl groups excluding tert-OH is 1. The van der Waals surface area contributed by atoms with E-state index >= 15 is 0 Å². The Morgan fingerprint density at radius 3 is 2.62 bits per heavy atom. The second-order valence-electron chi connectivity index (χ2n) is 4.65. The van der Waals surface area contributed by atoms with Gasteiger partial charge in [-0.05, 0) is 31.5 Å². The molecule has 2 rings (SSSR count). The molecule has 6 heteroatoms. The third-order valence-corrected chi connectivity index (χ3v) is 3.12. The molecule has 21 heavy (non-hydrogen) atoms. The molecule has 2 aromatic rings. The molecular weight excluding hydrogens is 277 g/mol. The summed E-state index contributed by atoms with van der Waals surface area (Å²) < 4.78 is 19.3. The van der Waals surface area contributed by atoms with E-state index in [-0.39, 0.29) is 29.4 Å². The largest absolute Gasteiger partial charge is 0.453 e. The molecule has 5 nitrogen and oxygen atoms in total. The highest BCUT2D eigenvalue weighted by molar-refractivity contribution is 5.51. The van der Waals surface area contributed by atoms with Gasteiger partial charge in [0.1, 0.15) is 5.75 Å². The summed E-state index contributed by atoms with van der Waals surface area (Å²) in [5, 5.41) is 20.2. The zero-order valence-electron chi connectivity index (χ0n) is 11.6. The first-order valence-electron chi connectivity index (χ1n) is 6.25. The van der Waals surface area contributed by atoms with Crippen LogP contribution in [0.4, 0.5) is 10.1 Å². The molecule has 0 spiro atoms. The molecule has 0 aromatic heterocycles. The summed E-state index contributed by atoms with van der Waals surface area (Å²) in [7, 11) is 0. The third-order valence-electron chi connectivity index (χ3n) is 3.12. The van der Waals surface area contributed by atoms with E-state index in [2.05, 4.69) is 0 Å². The van der Waals surface area contributed by atoms with Gasteiger partial charge in [0.05, 0.1) is 17.6 Å². The molecule has 0 atom stereocenters. The fourth-order valence-electron chi connectivity index (χ4n) is 2.03. The van der Waals surface area contributed by atoms with Crippen LogP contribution in [0.2, 0.25) is 0 Å². The third kappa shape index (κ3) is 3.00. The van der Waals surface area contributed by atoms with Gasteiger partial charge in [0.25, 0.3) is 5.69 Å². The van der Waals surface area contributed by atoms with Crippen LogP contribution in [-0.2, 0) is 6.61 Å². The molecule has 0 aliphatic rings. The first-order chi connectivity index (χ1) is 9.93. The van der Waals surface area contributed by atoms with Gasteiger partial charge in [0.2, 0.25) is 0 Å². The SMILES string of the molecule is Cc1cc(C)c([N+](=O)[O-])cc1Oc1c(F)cccc1CO. The Morgan fingerprint density at radius 2 is 2.00 bits per heavy atom. The van der Waals surface area contributed by atoms with Gasteiger partial charge in [-0.15, -0.1) is 0 Å². The number of aryl methyl sites for hydroxylation is 2. The first-order valence-corrected chi connectivity index (χ1v) is 6.25. The van der Waals surface area contributed by atoms with Crippen LogP contribution in [0.3, 0.4) is 0 Å². The van der Waals surface area contributed by atoms with E-state index in [1.54, 1.807) is 19.9 Å². The highest BCUT2D eigenvalue weighted by Gasteiger charge is 2.17. The Balaban J connectivity index is 2.50.